The monoisotopic (exact) mass is 703 g/mol. The maximum Gasteiger partial charge on any atom is 0.244 e. The first-order valence-electron chi connectivity index (χ1n) is 23.1. The van der Waals surface area contributed by atoms with E-state index in [4.69, 9.17) is 13.7 Å². The first-order valence-corrected chi connectivity index (χ1v) is 18.1. The topological polar surface area (TPSA) is 33.6 Å². The predicted molar refractivity (Wildman–Crippen MR) is 230 cm³/mol. The number of rotatable bonds is 2. The van der Waals surface area contributed by atoms with Crippen LogP contribution in [-0.4, -0.2) is 15.8 Å². The van der Waals surface area contributed by atoms with Crippen LogP contribution in [0.2, 0.25) is 0 Å². The summed E-state index contributed by atoms with van der Waals surface area (Å²) >= 11 is 0. The Balaban J connectivity index is 1.20. The lowest BCUT2D eigenvalue weighted by molar-refractivity contribution is 1.18. The minimum Gasteiger partial charge on any atom is -0.309 e. The fourth-order valence-electron chi connectivity index (χ4n) is 9.99. The Morgan fingerprint density at radius 3 is 1.38 bits per heavy atom. The van der Waals surface area contributed by atoms with Gasteiger partial charge in [0.05, 0.1) is 47.4 Å². The van der Waals surface area contributed by atoms with Crippen molar-refractivity contribution in [2.24, 2.45) is 0 Å². The summed E-state index contributed by atoms with van der Waals surface area (Å²) in [6.45, 7) is -0.265. The highest BCUT2D eigenvalue weighted by Gasteiger charge is 2.40. The molecule has 0 saturated carbocycles. The van der Waals surface area contributed by atoms with Gasteiger partial charge < -0.3 is 9.13 Å². The molecule has 3 nitrogen and oxygen atoms in total. The van der Waals surface area contributed by atoms with Gasteiger partial charge >= 0.3 is 0 Å². The highest BCUT2D eigenvalue weighted by molar-refractivity contribution is 7.01. The average molecular weight is 704 g/mol. The summed E-state index contributed by atoms with van der Waals surface area (Å²) in [5, 5.41) is 18.1. The molecule has 4 heterocycles. The summed E-state index contributed by atoms with van der Waals surface area (Å²) in [4.78, 5) is 0. The minimum atomic E-state index is -0.470. The van der Waals surface area contributed by atoms with Crippen molar-refractivity contribution in [3.05, 3.63) is 175 Å². The Bertz CT molecular complexity index is 3850. The second-order valence-electron chi connectivity index (χ2n) is 14.4. The molecule has 0 atom stereocenters. The summed E-state index contributed by atoms with van der Waals surface area (Å²) in [5.41, 5.74) is 9.68. The summed E-state index contributed by atoms with van der Waals surface area (Å²) in [6, 6.07) is 34.5. The zero-order chi connectivity index (χ0) is 44.6. The number of benzene rings is 9. The van der Waals surface area contributed by atoms with Crippen LogP contribution in [0.25, 0.3) is 98.8 Å². The molecule has 0 unspecified atom stereocenters. The Morgan fingerprint density at radius 2 is 0.909 bits per heavy atom. The van der Waals surface area contributed by atoms with Crippen LogP contribution in [0.1, 0.15) is 19.3 Å². The molecule has 9 aromatic carbocycles. The molecule has 0 saturated heterocycles. The van der Waals surface area contributed by atoms with Crippen molar-refractivity contribution in [3.8, 4) is 39.7 Å². The van der Waals surface area contributed by atoms with Crippen LogP contribution in [0.5, 0.6) is 0 Å². The SMILES string of the molecule is [2H]c1c([2H])c([2H])c(-n2c3ccccc3c3c4cccc5c4c(cc32)-c2cc(C#N)cc3c2B5c2cccc4c2c-3cc2c4c3ccccc3n2-c2c([2H])c([2H])c([2H])c([2H])c2[2H])c([2H])c1[2H]. The zero-order valence-corrected chi connectivity index (χ0v) is 28.8. The van der Waals surface area contributed by atoms with E-state index in [1.807, 2.05) is 72.8 Å². The second kappa shape index (κ2) is 10.4. The molecule has 4 heteroatoms. The summed E-state index contributed by atoms with van der Waals surface area (Å²) in [5.74, 6) is 0. The van der Waals surface area contributed by atoms with Crippen LogP contribution in [0, 0.1) is 11.3 Å². The standard InChI is InChI=1S/C51H28BN3/c53-29-30-25-39-37-27-45-49(33-17-7-9-23-43(33)54(45)31-13-3-1-4-14-31)35-19-11-21-41(47(35)37)52-42-22-12-20-36-48(42)38(40(26-30)51(39)52)28-46-50(36)34-18-8-10-24-44(34)55(46)32-15-5-2-6-16-32/h1-28H/i1D,2D,3D,4D,5D,6D,13D,14D,15D,16D. The maximum absolute atomic E-state index is 10.8. The van der Waals surface area contributed by atoms with E-state index < -0.39 is 36.3 Å². The lowest BCUT2D eigenvalue weighted by atomic mass is 9.31. The summed E-state index contributed by atoms with van der Waals surface area (Å²) in [7, 11) is 0. The Labute approximate surface area is 330 Å². The van der Waals surface area contributed by atoms with E-state index in [0.717, 1.165) is 81.7 Å². The van der Waals surface area contributed by atoms with Crippen molar-refractivity contribution >= 4 is 88.3 Å². The minimum absolute atomic E-state index is 0.0468. The number of nitriles is 1. The van der Waals surface area contributed by atoms with Gasteiger partial charge in [-0.05, 0) is 104 Å². The van der Waals surface area contributed by atoms with Crippen molar-refractivity contribution in [3.63, 3.8) is 0 Å². The Morgan fingerprint density at radius 1 is 0.455 bits per heavy atom. The fraction of sp³-hybridized carbons (Fsp3) is 0. The number of hydrogen-bond acceptors (Lipinski definition) is 1. The highest BCUT2D eigenvalue weighted by atomic mass is 15.0. The van der Waals surface area contributed by atoms with Crippen LogP contribution >= 0.6 is 0 Å². The van der Waals surface area contributed by atoms with Gasteiger partial charge in [-0.15, -0.1) is 0 Å². The largest absolute Gasteiger partial charge is 0.309 e. The van der Waals surface area contributed by atoms with E-state index in [1.165, 1.54) is 0 Å². The molecule has 0 N–H and O–H groups in total. The first-order chi connectivity index (χ1) is 31.4. The van der Waals surface area contributed by atoms with Crippen LogP contribution in [0.4, 0.5) is 0 Å². The lowest BCUT2D eigenvalue weighted by Gasteiger charge is -2.34. The van der Waals surface area contributed by atoms with E-state index in [1.54, 1.807) is 9.13 Å². The molecule has 0 fully saturated rings. The maximum atomic E-state index is 10.8. The molecule has 0 bridgehead atoms. The molecular formula is C51H28BN3. The van der Waals surface area contributed by atoms with Crippen molar-refractivity contribution in [1.82, 2.24) is 9.13 Å². The number of fused-ring (bicyclic) bond motifs is 12. The molecular weight excluding hydrogens is 665 g/mol. The summed E-state index contributed by atoms with van der Waals surface area (Å²) < 4.78 is 91.1. The van der Waals surface area contributed by atoms with Crippen LogP contribution in [-0.2, 0) is 0 Å². The smallest absolute Gasteiger partial charge is 0.244 e. The van der Waals surface area contributed by atoms with E-state index in [0.29, 0.717) is 27.6 Å². The molecule has 0 spiro atoms. The van der Waals surface area contributed by atoms with Crippen molar-refractivity contribution in [2.45, 2.75) is 0 Å². The molecule has 0 aliphatic carbocycles. The van der Waals surface area contributed by atoms with E-state index >= 15 is 0 Å². The van der Waals surface area contributed by atoms with E-state index in [-0.39, 0.29) is 42.3 Å². The third-order valence-electron chi connectivity index (χ3n) is 11.9. The van der Waals surface area contributed by atoms with Gasteiger partial charge in [0, 0.05) is 32.9 Å². The molecule has 0 radical (unpaired) electrons. The number of hydrogen-bond donors (Lipinski definition) is 0. The van der Waals surface area contributed by atoms with Gasteiger partial charge in [-0.25, -0.2) is 0 Å². The van der Waals surface area contributed by atoms with Gasteiger partial charge in [-0.1, -0.05) is 125 Å². The van der Waals surface area contributed by atoms with E-state index in [2.05, 4.69) is 42.5 Å². The number of para-hydroxylation sites is 4. The quantitative estimate of drug-likeness (QED) is 0.165. The number of aromatic nitrogens is 2. The van der Waals surface area contributed by atoms with Crippen LogP contribution in [0.15, 0.2) is 170 Å². The third-order valence-corrected chi connectivity index (χ3v) is 11.9. The zero-order valence-electron chi connectivity index (χ0n) is 38.8. The molecule has 55 heavy (non-hydrogen) atoms. The van der Waals surface area contributed by atoms with Gasteiger partial charge in [-0.2, -0.15) is 5.26 Å². The van der Waals surface area contributed by atoms with Gasteiger partial charge in [0.25, 0.3) is 0 Å². The highest BCUT2D eigenvalue weighted by Crippen LogP contribution is 2.47. The van der Waals surface area contributed by atoms with Gasteiger partial charge in [0.15, 0.2) is 0 Å². The van der Waals surface area contributed by atoms with Crippen molar-refractivity contribution in [2.75, 3.05) is 0 Å². The van der Waals surface area contributed by atoms with E-state index in [9.17, 15) is 5.26 Å². The van der Waals surface area contributed by atoms with Gasteiger partial charge in [0.2, 0.25) is 6.71 Å². The average Bonchev–Trinajstić information content (AvgIpc) is 3.83. The first kappa shape index (κ1) is 21.4. The molecule has 2 aliphatic heterocycles. The van der Waals surface area contributed by atoms with Crippen LogP contribution < -0.4 is 16.4 Å². The summed E-state index contributed by atoms with van der Waals surface area (Å²) in [6.07, 6.45) is 0. The van der Waals surface area contributed by atoms with Gasteiger partial charge in [0.1, 0.15) is 0 Å². The molecule has 11 aromatic rings. The van der Waals surface area contributed by atoms with Crippen molar-refractivity contribution < 1.29 is 13.7 Å². The van der Waals surface area contributed by atoms with Crippen molar-refractivity contribution in [1.29, 1.82) is 5.26 Å². The second-order valence-corrected chi connectivity index (χ2v) is 14.4. The molecule has 0 amide bonds. The normalized spacial score (nSPS) is 15.2. The molecule has 2 aliphatic rings. The fourth-order valence-corrected chi connectivity index (χ4v) is 9.99. The number of nitrogens with zero attached hydrogens (tertiary/aromatic N) is 3. The molecule has 2 aromatic heterocycles. The molecule has 250 valence electrons. The van der Waals surface area contributed by atoms with Gasteiger partial charge in [-0.3, -0.25) is 0 Å². The van der Waals surface area contributed by atoms with Crippen LogP contribution in [0.3, 0.4) is 0 Å². The lowest BCUT2D eigenvalue weighted by Crippen LogP contribution is -2.57. The Kier molecular flexibility index (Phi) is 4.05. The third kappa shape index (κ3) is 3.60. The Hall–Kier alpha value is -7.35. The molecule has 13 rings (SSSR count). The predicted octanol–water partition coefficient (Wildman–Crippen LogP) is 10.5.